The van der Waals surface area contributed by atoms with E-state index in [2.05, 4.69) is 5.32 Å². The molecule has 3 N–H and O–H groups in total. The van der Waals surface area contributed by atoms with Crippen LogP contribution in [0.4, 0.5) is 9.18 Å². The third kappa shape index (κ3) is 4.58. The summed E-state index contributed by atoms with van der Waals surface area (Å²) in [5.41, 5.74) is 4.82. The highest BCUT2D eigenvalue weighted by atomic mass is 35.5. The van der Waals surface area contributed by atoms with Crippen LogP contribution in [-0.4, -0.2) is 25.2 Å². The van der Waals surface area contributed by atoms with Gasteiger partial charge < -0.3 is 15.8 Å². The van der Waals surface area contributed by atoms with E-state index in [-0.39, 0.29) is 17.2 Å². The fourth-order valence-corrected chi connectivity index (χ4v) is 1.37. The number of carbonyl (C=O) groups excluding carboxylic acids is 2. The number of esters is 1. The Balaban J connectivity index is 2.41. The smallest absolute Gasteiger partial charge is 0.339 e. The van der Waals surface area contributed by atoms with E-state index in [1.165, 1.54) is 6.07 Å². The van der Waals surface area contributed by atoms with Gasteiger partial charge in [-0.3, -0.25) is 0 Å². The second kappa shape index (κ2) is 6.80. The molecule has 0 aliphatic rings. The number of hydrogen-bond acceptors (Lipinski definition) is 3. The summed E-state index contributed by atoms with van der Waals surface area (Å²) >= 11 is 5.73. The molecule has 0 fully saturated rings. The minimum atomic E-state index is -0.710. The molecule has 0 heterocycles. The topological polar surface area (TPSA) is 81.4 Å². The molecule has 7 heteroatoms. The summed E-state index contributed by atoms with van der Waals surface area (Å²) in [6, 6.07) is 2.79. The second-order valence-electron chi connectivity index (χ2n) is 3.40. The van der Waals surface area contributed by atoms with Crippen LogP contribution < -0.4 is 11.1 Å². The van der Waals surface area contributed by atoms with Gasteiger partial charge in [-0.15, -0.1) is 0 Å². The molecular weight excluding hydrogens is 263 g/mol. The number of rotatable bonds is 5. The Kier molecular flexibility index (Phi) is 5.38. The van der Waals surface area contributed by atoms with E-state index >= 15 is 0 Å². The van der Waals surface area contributed by atoms with Crippen LogP contribution in [0.3, 0.4) is 0 Å². The molecule has 2 amide bonds. The van der Waals surface area contributed by atoms with E-state index in [4.69, 9.17) is 22.1 Å². The highest BCUT2D eigenvalue weighted by Crippen LogP contribution is 2.17. The van der Waals surface area contributed by atoms with E-state index in [0.717, 1.165) is 12.1 Å². The monoisotopic (exact) mass is 274 g/mol. The third-order valence-electron chi connectivity index (χ3n) is 2.00. The Bertz CT molecular complexity index is 454. The van der Waals surface area contributed by atoms with Crippen LogP contribution in [0, 0.1) is 5.82 Å². The van der Waals surface area contributed by atoms with Crippen molar-refractivity contribution in [1.82, 2.24) is 5.32 Å². The molecule has 0 aromatic heterocycles. The summed E-state index contributed by atoms with van der Waals surface area (Å²) in [5, 5.41) is 2.46. The summed E-state index contributed by atoms with van der Waals surface area (Å²) < 4.78 is 17.8. The molecule has 0 spiro atoms. The molecule has 1 rings (SSSR count). The van der Waals surface area contributed by atoms with Gasteiger partial charge in [0.15, 0.2) is 0 Å². The molecule has 0 aliphatic heterocycles. The number of carbonyl (C=O) groups is 2. The fourth-order valence-electron chi connectivity index (χ4n) is 1.18. The van der Waals surface area contributed by atoms with E-state index in [1.54, 1.807) is 0 Å². The van der Waals surface area contributed by atoms with E-state index in [9.17, 15) is 14.0 Å². The largest absolute Gasteiger partial charge is 0.462 e. The van der Waals surface area contributed by atoms with Crippen LogP contribution in [0.2, 0.25) is 5.02 Å². The van der Waals surface area contributed by atoms with E-state index < -0.39 is 17.8 Å². The number of hydrogen-bond donors (Lipinski definition) is 2. The normalized spacial score (nSPS) is 9.89. The zero-order valence-corrected chi connectivity index (χ0v) is 10.2. The van der Waals surface area contributed by atoms with Crippen molar-refractivity contribution >= 4 is 23.6 Å². The van der Waals surface area contributed by atoms with Gasteiger partial charge in [0.05, 0.1) is 17.2 Å². The quantitative estimate of drug-likeness (QED) is 0.633. The van der Waals surface area contributed by atoms with Crippen molar-refractivity contribution in [3.05, 3.63) is 34.6 Å². The van der Waals surface area contributed by atoms with E-state index in [0.29, 0.717) is 13.0 Å². The first-order valence-corrected chi connectivity index (χ1v) is 5.54. The molecule has 98 valence electrons. The van der Waals surface area contributed by atoms with Gasteiger partial charge in [-0.2, -0.15) is 0 Å². The van der Waals surface area contributed by atoms with Crippen LogP contribution in [0.25, 0.3) is 0 Å². The summed E-state index contributed by atoms with van der Waals surface area (Å²) in [6.07, 6.45) is 0.404. The first-order valence-electron chi connectivity index (χ1n) is 5.16. The average molecular weight is 275 g/mol. The Morgan fingerprint density at radius 3 is 2.83 bits per heavy atom. The summed E-state index contributed by atoms with van der Waals surface area (Å²) in [6.45, 7) is 0.367. The highest BCUT2D eigenvalue weighted by Gasteiger charge is 2.12. The maximum atomic E-state index is 12.9. The number of benzene rings is 1. The first-order chi connectivity index (χ1) is 8.50. The molecule has 0 radical (unpaired) electrons. The van der Waals surface area contributed by atoms with Crippen molar-refractivity contribution in [3.8, 4) is 0 Å². The van der Waals surface area contributed by atoms with Crippen molar-refractivity contribution in [2.24, 2.45) is 5.73 Å². The summed E-state index contributed by atoms with van der Waals surface area (Å²) in [7, 11) is 0. The van der Waals surface area contributed by atoms with Crippen molar-refractivity contribution < 1.29 is 18.7 Å². The Morgan fingerprint density at radius 1 is 1.44 bits per heavy atom. The average Bonchev–Trinajstić information content (AvgIpc) is 2.31. The Labute approximate surface area is 108 Å². The van der Waals surface area contributed by atoms with Gasteiger partial charge >= 0.3 is 12.0 Å². The van der Waals surface area contributed by atoms with Gasteiger partial charge in [0.2, 0.25) is 0 Å². The molecule has 0 saturated heterocycles. The van der Waals surface area contributed by atoms with Crippen LogP contribution in [0.5, 0.6) is 0 Å². The van der Waals surface area contributed by atoms with Gasteiger partial charge in [0, 0.05) is 6.54 Å². The highest BCUT2D eigenvalue weighted by molar-refractivity contribution is 6.33. The number of halogens is 2. The molecule has 18 heavy (non-hydrogen) atoms. The molecule has 0 bridgehead atoms. The molecule has 5 nitrogen and oxygen atoms in total. The Hall–Kier alpha value is -1.82. The molecule has 0 unspecified atom stereocenters. The second-order valence-corrected chi connectivity index (χ2v) is 3.81. The maximum Gasteiger partial charge on any atom is 0.339 e. The van der Waals surface area contributed by atoms with Crippen LogP contribution >= 0.6 is 11.6 Å². The van der Waals surface area contributed by atoms with Gasteiger partial charge in [-0.05, 0) is 24.6 Å². The first kappa shape index (κ1) is 14.2. The lowest BCUT2D eigenvalue weighted by atomic mass is 10.2. The SMILES string of the molecule is NC(=O)NCCCOC(=O)c1cc(F)ccc1Cl. The number of ether oxygens (including phenoxy) is 1. The summed E-state index contributed by atoms with van der Waals surface area (Å²) in [5.74, 6) is -1.28. The molecule has 1 aromatic carbocycles. The number of amides is 2. The Morgan fingerprint density at radius 2 is 2.17 bits per heavy atom. The van der Waals surface area contributed by atoms with E-state index in [1.807, 2.05) is 0 Å². The van der Waals surface area contributed by atoms with Crippen LogP contribution in [0.1, 0.15) is 16.8 Å². The van der Waals surface area contributed by atoms with Gasteiger partial charge in [0.25, 0.3) is 0 Å². The fraction of sp³-hybridized carbons (Fsp3) is 0.273. The molecule has 0 saturated carbocycles. The van der Waals surface area contributed by atoms with Crippen molar-refractivity contribution in [3.63, 3.8) is 0 Å². The van der Waals surface area contributed by atoms with Crippen molar-refractivity contribution in [2.75, 3.05) is 13.2 Å². The van der Waals surface area contributed by atoms with Crippen molar-refractivity contribution in [1.29, 1.82) is 0 Å². The number of nitrogens with two attached hydrogens (primary N) is 1. The summed E-state index contributed by atoms with van der Waals surface area (Å²) in [4.78, 5) is 21.9. The molecule has 1 aromatic rings. The van der Waals surface area contributed by atoms with Crippen LogP contribution in [-0.2, 0) is 4.74 Å². The lowest BCUT2D eigenvalue weighted by molar-refractivity contribution is 0.0501. The number of urea groups is 1. The zero-order chi connectivity index (χ0) is 13.5. The lowest BCUT2D eigenvalue weighted by Crippen LogP contribution is -2.30. The molecule has 0 atom stereocenters. The minimum Gasteiger partial charge on any atom is -0.462 e. The number of primary amides is 1. The molecular formula is C11H12ClFN2O3. The predicted octanol–water partition coefficient (Wildman–Crippen LogP) is 1.69. The number of nitrogens with one attached hydrogen (secondary N) is 1. The van der Waals surface area contributed by atoms with Gasteiger partial charge in [-0.1, -0.05) is 11.6 Å². The molecule has 0 aliphatic carbocycles. The van der Waals surface area contributed by atoms with Gasteiger partial charge in [-0.25, -0.2) is 14.0 Å². The lowest BCUT2D eigenvalue weighted by Gasteiger charge is -2.06. The minimum absolute atomic E-state index is 0.0282. The van der Waals surface area contributed by atoms with Gasteiger partial charge in [0.1, 0.15) is 5.82 Å². The maximum absolute atomic E-state index is 12.9. The van der Waals surface area contributed by atoms with Crippen molar-refractivity contribution in [2.45, 2.75) is 6.42 Å². The third-order valence-corrected chi connectivity index (χ3v) is 2.33. The standard InChI is InChI=1S/C11H12ClFN2O3/c12-9-3-2-7(13)6-8(9)10(16)18-5-1-4-15-11(14)17/h2-3,6H,1,4-5H2,(H3,14,15,17). The zero-order valence-electron chi connectivity index (χ0n) is 9.41. The predicted molar refractivity (Wildman–Crippen MR) is 63.9 cm³/mol. The van der Waals surface area contributed by atoms with Crippen LogP contribution in [0.15, 0.2) is 18.2 Å².